The third-order valence-corrected chi connectivity index (χ3v) is 4.26. The number of nitrogens with zero attached hydrogens (tertiary/aromatic N) is 5. The molecule has 1 aliphatic heterocycles. The van der Waals surface area contributed by atoms with E-state index in [-0.39, 0.29) is 12.5 Å². The van der Waals surface area contributed by atoms with Gasteiger partial charge < -0.3 is 5.32 Å². The van der Waals surface area contributed by atoms with Gasteiger partial charge in [0.1, 0.15) is 12.9 Å². The summed E-state index contributed by atoms with van der Waals surface area (Å²) >= 11 is 0. The summed E-state index contributed by atoms with van der Waals surface area (Å²) in [6.07, 6.45) is 3.95. The molecule has 2 rings (SSSR count). The third-order valence-electron chi connectivity index (χ3n) is 4.26. The fourth-order valence-corrected chi connectivity index (χ4v) is 2.82. The molecule has 1 fully saturated rings. The van der Waals surface area contributed by atoms with Crippen molar-refractivity contribution in [3.63, 3.8) is 0 Å². The highest BCUT2D eigenvalue weighted by atomic mass is 16.2. The van der Waals surface area contributed by atoms with Crippen LogP contribution in [0.15, 0.2) is 6.33 Å². The number of carbonyl (C=O) groups excluding carboxylic acids is 1. The number of rotatable bonds is 6. The molecule has 1 aromatic heterocycles. The molecule has 0 bridgehead atoms. The molecule has 7 heteroatoms. The van der Waals surface area contributed by atoms with Gasteiger partial charge >= 0.3 is 0 Å². The minimum absolute atomic E-state index is 0.0432. The Morgan fingerprint density at radius 3 is 2.67 bits per heavy atom. The van der Waals surface area contributed by atoms with E-state index in [1.54, 1.807) is 0 Å². The summed E-state index contributed by atoms with van der Waals surface area (Å²) in [4.78, 5) is 14.4. The van der Waals surface area contributed by atoms with E-state index in [2.05, 4.69) is 46.5 Å². The van der Waals surface area contributed by atoms with Crippen molar-refractivity contribution in [2.75, 3.05) is 19.6 Å². The lowest BCUT2D eigenvalue weighted by Crippen LogP contribution is -2.50. The van der Waals surface area contributed by atoms with Gasteiger partial charge in [-0.05, 0) is 48.2 Å². The van der Waals surface area contributed by atoms with Crippen molar-refractivity contribution >= 4 is 5.91 Å². The fourth-order valence-electron chi connectivity index (χ4n) is 2.82. The highest BCUT2D eigenvalue weighted by molar-refractivity contribution is 5.75. The molecule has 0 saturated carbocycles. The molecule has 0 radical (unpaired) electrons. The van der Waals surface area contributed by atoms with Gasteiger partial charge in [-0.25, -0.2) is 4.68 Å². The van der Waals surface area contributed by atoms with Crippen molar-refractivity contribution in [2.45, 2.75) is 46.2 Å². The van der Waals surface area contributed by atoms with Crippen LogP contribution >= 0.6 is 0 Å². The second-order valence-corrected chi connectivity index (χ2v) is 6.34. The third kappa shape index (κ3) is 4.77. The number of carbonyl (C=O) groups is 1. The van der Waals surface area contributed by atoms with Crippen molar-refractivity contribution in [1.29, 1.82) is 0 Å². The van der Waals surface area contributed by atoms with Crippen LogP contribution in [-0.4, -0.2) is 56.7 Å². The van der Waals surface area contributed by atoms with Gasteiger partial charge in [0.15, 0.2) is 0 Å². The maximum atomic E-state index is 11.9. The molecule has 0 spiro atoms. The van der Waals surface area contributed by atoms with Crippen LogP contribution in [0.4, 0.5) is 0 Å². The Morgan fingerprint density at radius 1 is 1.38 bits per heavy atom. The molecule has 1 aromatic rings. The van der Waals surface area contributed by atoms with E-state index in [4.69, 9.17) is 0 Å². The molecule has 7 nitrogen and oxygen atoms in total. The fraction of sp³-hybridized carbons (Fsp3) is 0.857. The van der Waals surface area contributed by atoms with Crippen molar-refractivity contribution in [1.82, 2.24) is 30.4 Å². The van der Waals surface area contributed by atoms with Gasteiger partial charge in [0.25, 0.3) is 0 Å². The molecule has 1 amide bonds. The second kappa shape index (κ2) is 7.49. The number of hydrogen-bond donors (Lipinski definition) is 1. The van der Waals surface area contributed by atoms with Crippen LogP contribution in [-0.2, 0) is 11.3 Å². The quantitative estimate of drug-likeness (QED) is 0.829. The number of hydrogen-bond acceptors (Lipinski definition) is 5. The largest absolute Gasteiger partial charge is 0.353 e. The van der Waals surface area contributed by atoms with E-state index in [0.29, 0.717) is 18.5 Å². The van der Waals surface area contributed by atoms with Crippen molar-refractivity contribution < 1.29 is 4.79 Å². The summed E-state index contributed by atoms with van der Waals surface area (Å²) in [6, 6.07) is 0.398. The Labute approximate surface area is 126 Å². The number of nitrogens with one attached hydrogen (secondary N) is 1. The molecule has 0 unspecified atom stereocenters. The summed E-state index contributed by atoms with van der Waals surface area (Å²) in [5.41, 5.74) is 0. The molecule has 1 atom stereocenters. The number of aromatic nitrogens is 4. The van der Waals surface area contributed by atoms with Crippen LogP contribution in [0.5, 0.6) is 0 Å². The van der Waals surface area contributed by atoms with Crippen LogP contribution in [0, 0.1) is 11.8 Å². The summed E-state index contributed by atoms with van der Waals surface area (Å²) in [7, 11) is 0. The smallest absolute Gasteiger partial charge is 0.241 e. The lowest BCUT2D eigenvalue weighted by atomic mass is 9.94. The summed E-state index contributed by atoms with van der Waals surface area (Å²) < 4.78 is 1.43. The Morgan fingerprint density at radius 2 is 2.10 bits per heavy atom. The molecule has 0 aromatic carbocycles. The molecule has 118 valence electrons. The van der Waals surface area contributed by atoms with Crippen LogP contribution in [0.25, 0.3) is 0 Å². The highest BCUT2D eigenvalue weighted by Gasteiger charge is 2.25. The van der Waals surface area contributed by atoms with Crippen molar-refractivity contribution in [3.05, 3.63) is 6.33 Å². The molecule has 0 aliphatic carbocycles. The number of amides is 1. The van der Waals surface area contributed by atoms with Crippen LogP contribution in [0.2, 0.25) is 0 Å². The maximum Gasteiger partial charge on any atom is 0.241 e. The molecule has 1 saturated heterocycles. The predicted molar refractivity (Wildman–Crippen MR) is 79.4 cm³/mol. The van der Waals surface area contributed by atoms with E-state index < -0.39 is 0 Å². The maximum absolute atomic E-state index is 11.9. The summed E-state index contributed by atoms with van der Waals surface area (Å²) in [5.74, 6) is 1.30. The topological polar surface area (TPSA) is 75.9 Å². The van der Waals surface area contributed by atoms with E-state index in [9.17, 15) is 4.79 Å². The second-order valence-electron chi connectivity index (χ2n) is 6.34. The van der Waals surface area contributed by atoms with Gasteiger partial charge in [0.2, 0.25) is 5.91 Å². The van der Waals surface area contributed by atoms with Gasteiger partial charge in [-0.3, -0.25) is 9.69 Å². The van der Waals surface area contributed by atoms with Crippen LogP contribution in [0.1, 0.15) is 33.6 Å². The average molecular weight is 294 g/mol. The Bertz CT molecular complexity index is 425. The zero-order chi connectivity index (χ0) is 15.2. The van der Waals surface area contributed by atoms with Gasteiger partial charge in [-0.1, -0.05) is 20.8 Å². The standard InChI is InChI=1S/C14H26N6O/c1-11(2)13(19-6-4-12(3)5-7-19)8-15-14(21)9-20-10-16-17-18-20/h10-13H,4-9H2,1-3H3,(H,15,21)/t13-/m0/s1. The average Bonchev–Trinajstić information content (AvgIpc) is 2.93. The van der Waals surface area contributed by atoms with E-state index in [1.807, 2.05) is 0 Å². The summed E-state index contributed by atoms with van der Waals surface area (Å²) in [5, 5.41) is 13.8. The van der Waals surface area contributed by atoms with E-state index in [0.717, 1.165) is 19.0 Å². The predicted octanol–water partition coefficient (Wildman–Crippen LogP) is 0.546. The minimum Gasteiger partial charge on any atom is -0.353 e. The van der Waals surface area contributed by atoms with Gasteiger partial charge in [0, 0.05) is 12.6 Å². The molecule has 1 N–H and O–H groups in total. The van der Waals surface area contributed by atoms with Crippen molar-refractivity contribution in [3.8, 4) is 0 Å². The minimum atomic E-state index is -0.0432. The Balaban J connectivity index is 1.81. The Hall–Kier alpha value is -1.50. The first kappa shape index (κ1) is 15.9. The van der Waals surface area contributed by atoms with Crippen LogP contribution in [0.3, 0.4) is 0 Å². The molecule has 21 heavy (non-hydrogen) atoms. The van der Waals surface area contributed by atoms with E-state index >= 15 is 0 Å². The first-order valence-electron chi connectivity index (χ1n) is 7.77. The summed E-state index contributed by atoms with van der Waals surface area (Å²) in [6.45, 7) is 9.88. The lowest BCUT2D eigenvalue weighted by molar-refractivity contribution is -0.122. The first-order chi connectivity index (χ1) is 10.1. The number of likely N-dealkylation sites (tertiary alicyclic amines) is 1. The Kier molecular flexibility index (Phi) is 5.67. The zero-order valence-corrected chi connectivity index (χ0v) is 13.2. The number of tetrazole rings is 1. The van der Waals surface area contributed by atoms with Crippen molar-refractivity contribution in [2.24, 2.45) is 11.8 Å². The van der Waals surface area contributed by atoms with Gasteiger partial charge in [-0.2, -0.15) is 0 Å². The molecular formula is C14H26N6O. The molecule has 1 aliphatic rings. The zero-order valence-electron chi connectivity index (χ0n) is 13.2. The monoisotopic (exact) mass is 294 g/mol. The van der Waals surface area contributed by atoms with Gasteiger partial charge in [-0.15, -0.1) is 5.10 Å². The van der Waals surface area contributed by atoms with Crippen LogP contribution < -0.4 is 5.32 Å². The normalized spacial score (nSPS) is 18.9. The SMILES string of the molecule is CC1CCN([C@@H](CNC(=O)Cn2cnnn2)C(C)C)CC1. The number of piperidine rings is 1. The highest BCUT2D eigenvalue weighted by Crippen LogP contribution is 2.20. The van der Waals surface area contributed by atoms with Gasteiger partial charge in [0.05, 0.1) is 0 Å². The molecule has 2 heterocycles. The van der Waals surface area contributed by atoms with E-state index in [1.165, 1.54) is 23.9 Å². The first-order valence-corrected chi connectivity index (χ1v) is 7.77. The molecular weight excluding hydrogens is 268 g/mol. The lowest BCUT2D eigenvalue weighted by Gasteiger charge is -2.38.